The molecule has 0 saturated carbocycles. The van der Waals surface area contributed by atoms with Crippen molar-refractivity contribution in [2.75, 3.05) is 59.6 Å². The van der Waals surface area contributed by atoms with Gasteiger partial charge < -0.3 is 20.1 Å². The summed E-state index contributed by atoms with van der Waals surface area (Å²) >= 11 is 0. The Labute approximate surface area is 141 Å². The van der Waals surface area contributed by atoms with Crippen LogP contribution in [0.4, 0.5) is 13.2 Å². The summed E-state index contributed by atoms with van der Waals surface area (Å²) in [5.41, 5.74) is 0. The van der Waals surface area contributed by atoms with Crippen molar-refractivity contribution in [1.82, 2.24) is 15.5 Å². The van der Waals surface area contributed by atoms with Crippen LogP contribution in [-0.4, -0.2) is 82.7 Å². The zero-order chi connectivity index (χ0) is 17.8. The Morgan fingerprint density at radius 1 is 1.38 bits per heavy atom. The molecule has 6 nitrogen and oxygen atoms in total. The third-order valence-electron chi connectivity index (χ3n) is 3.39. The van der Waals surface area contributed by atoms with Crippen LogP contribution < -0.4 is 10.6 Å². The van der Waals surface area contributed by atoms with Gasteiger partial charge in [0.1, 0.15) is 0 Å². The highest BCUT2D eigenvalue weighted by molar-refractivity contribution is 5.79. The molecule has 1 unspecified atom stereocenters. The van der Waals surface area contributed by atoms with Crippen LogP contribution in [0.2, 0.25) is 0 Å². The van der Waals surface area contributed by atoms with Crippen molar-refractivity contribution in [3.05, 3.63) is 0 Å². The minimum Gasteiger partial charge on any atom is -0.379 e. The minimum atomic E-state index is -4.17. The number of aliphatic imine (C=N–C) groups is 1. The summed E-state index contributed by atoms with van der Waals surface area (Å²) in [4.78, 5) is 5.62. The van der Waals surface area contributed by atoms with E-state index in [0.717, 1.165) is 19.4 Å². The van der Waals surface area contributed by atoms with Gasteiger partial charge in [0.25, 0.3) is 0 Å². The van der Waals surface area contributed by atoms with Gasteiger partial charge in [0.05, 0.1) is 19.3 Å². The fourth-order valence-corrected chi connectivity index (χ4v) is 2.24. The number of hydrogen-bond donors (Lipinski definition) is 2. The first-order valence-electron chi connectivity index (χ1n) is 8.37. The van der Waals surface area contributed by atoms with Crippen molar-refractivity contribution >= 4 is 5.96 Å². The zero-order valence-corrected chi connectivity index (χ0v) is 14.5. The van der Waals surface area contributed by atoms with Gasteiger partial charge in [-0.1, -0.05) is 0 Å². The van der Waals surface area contributed by atoms with E-state index in [2.05, 4.69) is 15.6 Å². The van der Waals surface area contributed by atoms with E-state index in [0.29, 0.717) is 38.8 Å². The van der Waals surface area contributed by atoms with Crippen LogP contribution in [0.15, 0.2) is 4.99 Å². The number of guanidine groups is 1. The maximum atomic E-state index is 12.2. The van der Waals surface area contributed by atoms with Gasteiger partial charge in [-0.15, -0.1) is 0 Å². The number of nitrogens with one attached hydrogen (secondary N) is 2. The first-order chi connectivity index (χ1) is 11.4. The number of nitrogens with zero attached hydrogens (tertiary/aromatic N) is 2. The van der Waals surface area contributed by atoms with Crippen molar-refractivity contribution in [2.24, 2.45) is 4.99 Å². The second-order valence-electron chi connectivity index (χ2n) is 5.75. The van der Waals surface area contributed by atoms with Crippen LogP contribution in [0.25, 0.3) is 0 Å². The predicted octanol–water partition coefficient (Wildman–Crippen LogP) is 1.23. The van der Waals surface area contributed by atoms with Crippen LogP contribution >= 0.6 is 0 Å². The fourth-order valence-electron chi connectivity index (χ4n) is 2.24. The van der Waals surface area contributed by atoms with Crippen molar-refractivity contribution < 1.29 is 22.6 Å². The molecule has 0 amide bonds. The number of likely N-dealkylation sites (N-methyl/N-ethyl adjacent to an activating group) is 1. The minimum absolute atomic E-state index is 0.199. The van der Waals surface area contributed by atoms with E-state index in [1.807, 2.05) is 6.92 Å². The van der Waals surface area contributed by atoms with Gasteiger partial charge in [-0.2, -0.15) is 13.2 Å². The molecule has 1 rings (SSSR count). The summed E-state index contributed by atoms with van der Waals surface area (Å²) in [5, 5.41) is 6.11. The molecule has 24 heavy (non-hydrogen) atoms. The van der Waals surface area contributed by atoms with Gasteiger partial charge >= 0.3 is 6.18 Å². The van der Waals surface area contributed by atoms with Gasteiger partial charge in [-0.05, 0) is 26.8 Å². The zero-order valence-electron chi connectivity index (χ0n) is 14.5. The molecule has 0 spiro atoms. The van der Waals surface area contributed by atoms with E-state index in [9.17, 15) is 13.2 Å². The van der Waals surface area contributed by atoms with E-state index in [4.69, 9.17) is 9.47 Å². The lowest BCUT2D eigenvalue weighted by Gasteiger charge is -2.19. The van der Waals surface area contributed by atoms with Crippen molar-refractivity contribution in [1.29, 1.82) is 0 Å². The van der Waals surface area contributed by atoms with Crippen LogP contribution in [0.5, 0.6) is 0 Å². The standard InChI is InChI=1S/C15H29F3N4O2/c1-3-19-14(21-7-8-22(2)12-15(16,17)18)20-6-4-9-24-13-5-10-23-11-13/h13H,3-12H2,1-2H3,(H2,19,20,21). The third kappa shape index (κ3) is 10.7. The highest BCUT2D eigenvalue weighted by atomic mass is 19.4. The Hall–Kier alpha value is -1.06. The Balaban J connectivity index is 2.16. The molecule has 1 saturated heterocycles. The molecule has 9 heteroatoms. The van der Waals surface area contributed by atoms with E-state index in [1.54, 1.807) is 0 Å². The Morgan fingerprint density at radius 3 is 2.79 bits per heavy atom. The van der Waals surface area contributed by atoms with Gasteiger partial charge in [0, 0.05) is 39.4 Å². The molecular weight excluding hydrogens is 325 g/mol. The molecule has 1 atom stereocenters. The Morgan fingerprint density at radius 2 is 2.17 bits per heavy atom. The number of hydrogen-bond acceptors (Lipinski definition) is 4. The lowest BCUT2D eigenvalue weighted by molar-refractivity contribution is -0.142. The molecule has 142 valence electrons. The van der Waals surface area contributed by atoms with Crippen LogP contribution in [0, 0.1) is 0 Å². The molecule has 2 N–H and O–H groups in total. The molecule has 0 radical (unpaired) electrons. The van der Waals surface area contributed by atoms with Crippen molar-refractivity contribution in [2.45, 2.75) is 32.0 Å². The lowest BCUT2D eigenvalue weighted by atomic mass is 10.3. The summed E-state index contributed by atoms with van der Waals surface area (Å²) in [6.07, 6.45) is -2.23. The first kappa shape index (κ1) is 21.0. The summed E-state index contributed by atoms with van der Waals surface area (Å²) in [6, 6.07) is 0. The molecular formula is C15H29F3N4O2. The largest absolute Gasteiger partial charge is 0.401 e. The number of alkyl halides is 3. The Kier molecular flexibility index (Phi) is 10.0. The van der Waals surface area contributed by atoms with Crippen LogP contribution in [-0.2, 0) is 9.47 Å². The molecule has 1 heterocycles. The highest BCUT2D eigenvalue weighted by Crippen LogP contribution is 2.14. The summed E-state index contributed by atoms with van der Waals surface area (Å²) in [6.45, 7) is 5.06. The number of halogens is 3. The van der Waals surface area contributed by atoms with Gasteiger partial charge in [-0.3, -0.25) is 9.89 Å². The molecule has 0 aromatic carbocycles. The van der Waals surface area contributed by atoms with Gasteiger partial charge in [0.15, 0.2) is 5.96 Å². The highest BCUT2D eigenvalue weighted by Gasteiger charge is 2.28. The maximum absolute atomic E-state index is 12.2. The van der Waals surface area contributed by atoms with Crippen LogP contribution in [0.1, 0.15) is 19.8 Å². The maximum Gasteiger partial charge on any atom is 0.401 e. The molecule has 0 aromatic heterocycles. The average molecular weight is 354 g/mol. The van der Waals surface area contributed by atoms with E-state index in [1.165, 1.54) is 11.9 Å². The van der Waals surface area contributed by atoms with E-state index < -0.39 is 12.7 Å². The van der Waals surface area contributed by atoms with Crippen LogP contribution in [0.3, 0.4) is 0 Å². The van der Waals surface area contributed by atoms with Gasteiger partial charge in [-0.25, -0.2) is 0 Å². The van der Waals surface area contributed by atoms with Gasteiger partial charge in [0.2, 0.25) is 0 Å². The average Bonchev–Trinajstić information content (AvgIpc) is 2.98. The molecule has 1 aliphatic heterocycles. The quantitative estimate of drug-likeness (QED) is 0.351. The van der Waals surface area contributed by atoms with Crippen molar-refractivity contribution in [3.63, 3.8) is 0 Å². The topological polar surface area (TPSA) is 58.1 Å². The summed E-state index contributed by atoms with van der Waals surface area (Å²) < 4.78 is 47.6. The van der Waals surface area contributed by atoms with E-state index >= 15 is 0 Å². The molecule has 1 aliphatic rings. The smallest absolute Gasteiger partial charge is 0.379 e. The summed E-state index contributed by atoms with van der Waals surface area (Å²) in [5.74, 6) is 0.613. The third-order valence-corrected chi connectivity index (χ3v) is 3.39. The molecule has 0 bridgehead atoms. The SMILES string of the molecule is CCNC(=NCCCOC1CCOC1)NCCN(C)CC(F)(F)F. The summed E-state index contributed by atoms with van der Waals surface area (Å²) in [7, 11) is 1.45. The Bertz CT molecular complexity index is 361. The normalized spacial score (nSPS) is 19.1. The predicted molar refractivity (Wildman–Crippen MR) is 87.3 cm³/mol. The van der Waals surface area contributed by atoms with Crippen molar-refractivity contribution in [3.8, 4) is 0 Å². The molecule has 0 aromatic rings. The molecule has 1 fully saturated rings. The monoisotopic (exact) mass is 354 g/mol. The second kappa shape index (κ2) is 11.5. The second-order valence-corrected chi connectivity index (χ2v) is 5.75. The molecule has 0 aliphatic carbocycles. The number of ether oxygens (including phenoxy) is 2. The first-order valence-corrected chi connectivity index (χ1v) is 8.37. The fraction of sp³-hybridized carbons (Fsp3) is 0.933. The number of rotatable bonds is 10. The lowest BCUT2D eigenvalue weighted by Crippen LogP contribution is -2.42. The van der Waals surface area contributed by atoms with E-state index in [-0.39, 0.29) is 12.6 Å².